The second-order valence-electron chi connectivity index (χ2n) is 7.33. The highest BCUT2D eigenvalue weighted by Gasteiger charge is 2.15. The summed E-state index contributed by atoms with van der Waals surface area (Å²) in [5.41, 5.74) is 7.37. The predicted molar refractivity (Wildman–Crippen MR) is 114 cm³/mol. The van der Waals surface area contributed by atoms with E-state index < -0.39 is 11.8 Å². The molecule has 1 heterocycles. The number of ketones is 1. The van der Waals surface area contributed by atoms with Crippen molar-refractivity contribution in [3.8, 4) is 5.75 Å². The molecule has 0 radical (unpaired) electrons. The first kappa shape index (κ1) is 22.6. The number of hydrogen-bond acceptors (Lipinski definition) is 5. The smallest absolute Gasteiger partial charge is 0.276 e. The van der Waals surface area contributed by atoms with E-state index in [2.05, 4.69) is 24.7 Å². The number of nitrogens with one attached hydrogen (secondary N) is 2. The van der Waals surface area contributed by atoms with E-state index in [1.807, 2.05) is 45.0 Å². The average molecular weight is 417 g/mol. The second kappa shape index (κ2) is 10.2. The minimum atomic E-state index is -0.467. The lowest BCUT2D eigenvalue weighted by atomic mass is 10.0. The number of benzene rings is 1. The van der Waals surface area contributed by atoms with Gasteiger partial charge in [0.15, 0.2) is 12.4 Å². The highest BCUT2D eigenvalue weighted by atomic mass is 32.1. The van der Waals surface area contributed by atoms with Gasteiger partial charge in [-0.1, -0.05) is 26.0 Å². The SMILES string of the molecule is Cc1ccc(C(C)C)c(OCC(=O)NNC(=O)CCC(=O)c2cc(C)sc2C)c1. The van der Waals surface area contributed by atoms with Gasteiger partial charge < -0.3 is 4.74 Å². The van der Waals surface area contributed by atoms with Gasteiger partial charge in [-0.05, 0) is 49.9 Å². The Kier molecular flexibility index (Phi) is 7.96. The fraction of sp³-hybridized carbons (Fsp3) is 0.409. The Morgan fingerprint density at radius 3 is 2.31 bits per heavy atom. The first-order valence-electron chi connectivity index (χ1n) is 9.58. The van der Waals surface area contributed by atoms with E-state index in [9.17, 15) is 14.4 Å². The third-order valence-corrected chi connectivity index (χ3v) is 5.38. The molecule has 0 bridgehead atoms. The molecule has 29 heavy (non-hydrogen) atoms. The van der Waals surface area contributed by atoms with Gasteiger partial charge in [0.1, 0.15) is 5.75 Å². The zero-order valence-electron chi connectivity index (χ0n) is 17.5. The summed E-state index contributed by atoms with van der Waals surface area (Å²) in [6.45, 7) is 9.69. The summed E-state index contributed by atoms with van der Waals surface area (Å²) in [7, 11) is 0. The molecule has 0 atom stereocenters. The molecule has 6 nitrogen and oxygen atoms in total. The quantitative estimate of drug-likeness (QED) is 0.503. The van der Waals surface area contributed by atoms with Crippen molar-refractivity contribution in [2.24, 2.45) is 0 Å². The van der Waals surface area contributed by atoms with Crippen LogP contribution in [-0.2, 0) is 9.59 Å². The monoisotopic (exact) mass is 416 g/mol. The van der Waals surface area contributed by atoms with Crippen molar-refractivity contribution in [3.63, 3.8) is 0 Å². The second-order valence-corrected chi connectivity index (χ2v) is 8.79. The van der Waals surface area contributed by atoms with Crippen molar-refractivity contribution in [1.29, 1.82) is 0 Å². The molecule has 1 aromatic heterocycles. The van der Waals surface area contributed by atoms with Gasteiger partial charge in [0.2, 0.25) is 5.91 Å². The molecular formula is C22H28N2O4S. The molecule has 2 amide bonds. The first-order chi connectivity index (χ1) is 13.7. The van der Waals surface area contributed by atoms with Gasteiger partial charge in [-0.15, -0.1) is 11.3 Å². The van der Waals surface area contributed by atoms with Gasteiger partial charge in [0, 0.05) is 28.2 Å². The van der Waals surface area contributed by atoms with Crippen molar-refractivity contribution in [1.82, 2.24) is 10.9 Å². The lowest BCUT2D eigenvalue weighted by molar-refractivity contribution is -0.130. The van der Waals surface area contributed by atoms with Crippen LogP contribution in [-0.4, -0.2) is 24.2 Å². The van der Waals surface area contributed by atoms with Crippen molar-refractivity contribution < 1.29 is 19.1 Å². The van der Waals surface area contributed by atoms with Gasteiger partial charge in [-0.3, -0.25) is 25.2 Å². The standard InChI is InChI=1S/C22H28N2O4S/c1-13(2)17-7-6-14(3)10-20(17)28-12-22(27)24-23-21(26)9-8-19(25)18-11-15(4)29-16(18)5/h6-7,10-11,13H,8-9,12H2,1-5H3,(H,23,26)(H,24,27). The Balaban J connectivity index is 1.76. The Bertz CT molecular complexity index is 902. The number of aryl methyl sites for hydroxylation is 3. The van der Waals surface area contributed by atoms with Crippen LogP contribution in [0.5, 0.6) is 5.75 Å². The Hall–Kier alpha value is -2.67. The number of carbonyl (C=O) groups excluding carboxylic acids is 3. The lowest BCUT2D eigenvalue weighted by Gasteiger charge is -2.15. The van der Waals surface area contributed by atoms with Crippen LogP contribution in [0.1, 0.15) is 63.8 Å². The van der Waals surface area contributed by atoms with Gasteiger partial charge in [-0.25, -0.2) is 0 Å². The Morgan fingerprint density at radius 1 is 1.00 bits per heavy atom. The maximum absolute atomic E-state index is 12.2. The molecule has 0 saturated heterocycles. The number of hydrogen-bond donors (Lipinski definition) is 2. The number of hydrazine groups is 1. The number of Topliss-reactive ketones (excluding diaryl/α,β-unsaturated/α-hetero) is 1. The molecule has 0 aliphatic carbocycles. The third-order valence-electron chi connectivity index (χ3n) is 4.41. The molecule has 0 spiro atoms. The summed E-state index contributed by atoms with van der Waals surface area (Å²) in [5, 5.41) is 0. The predicted octanol–water partition coefficient (Wildman–Crippen LogP) is 3.99. The van der Waals surface area contributed by atoms with E-state index >= 15 is 0 Å². The highest BCUT2D eigenvalue weighted by Crippen LogP contribution is 2.27. The summed E-state index contributed by atoms with van der Waals surface area (Å²) in [6.07, 6.45) is 0.0972. The van der Waals surface area contributed by atoms with Crippen LogP contribution in [0, 0.1) is 20.8 Å². The molecule has 0 fully saturated rings. The summed E-state index contributed by atoms with van der Waals surface area (Å²) >= 11 is 1.56. The van der Waals surface area contributed by atoms with Crippen LogP contribution in [0.2, 0.25) is 0 Å². The number of rotatable bonds is 8. The number of thiophene rings is 1. The van der Waals surface area contributed by atoms with Crippen LogP contribution in [0.25, 0.3) is 0 Å². The zero-order valence-corrected chi connectivity index (χ0v) is 18.4. The molecule has 0 unspecified atom stereocenters. The molecule has 2 rings (SSSR count). The normalized spacial score (nSPS) is 10.7. The van der Waals surface area contributed by atoms with E-state index in [1.54, 1.807) is 11.3 Å². The van der Waals surface area contributed by atoms with Crippen LogP contribution in [0.15, 0.2) is 24.3 Å². The molecule has 2 N–H and O–H groups in total. The molecule has 1 aromatic carbocycles. The van der Waals surface area contributed by atoms with Crippen molar-refractivity contribution in [2.75, 3.05) is 6.61 Å². The topological polar surface area (TPSA) is 84.5 Å². The average Bonchev–Trinajstić information content (AvgIpc) is 3.00. The van der Waals surface area contributed by atoms with E-state index in [1.165, 1.54) is 0 Å². The fourth-order valence-electron chi connectivity index (χ4n) is 2.89. The first-order valence-corrected chi connectivity index (χ1v) is 10.4. The zero-order chi connectivity index (χ0) is 21.6. The third kappa shape index (κ3) is 6.71. The molecule has 7 heteroatoms. The number of amides is 2. The van der Waals surface area contributed by atoms with Crippen LogP contribution < -0.4 is 15.6 Å². The van der Waals surface area contributed by atoms with Crippen molar-refractivity contribution >= 4 is 28.9 Å². The van der Waals surface area contributed by atoms with Gasteiger partial charge in [0.25, 0.3) is 5.91 Å². The largest absolute Gasteiger partial charge is 0.483 e. The molecular weight excluding hydrogens is 388 g/mol. The van der Waals surface area contributed by atoms with Crippen LogP contribution in [0.3, 0.4) is 0 Å². The maximum Gasteiger partial charge on any atom is 0.276 e. The molecule has 2 aromatic rings. The number of carbonyl (C=O) groups is 3. The van der Waals surface area contributed by atoms with Gasteiger partial charge in [-0.2, -0.15) is 0 Å². The summed E-state index contributed by atoms with van der Waals surface area (Å²) in [5.74, 6) is -0.0349. The summed E-state index contributed by atoms with van der Waals surface area (Å²) in [4.78, 5) is 38.1. The van der Waals surface area contributed by atoms with Crippen molar-refractivity contribution in [3.05, 3.63) is 50.7 Å². The van der Waals surface area contributed by atoms with E-state index in [0.717, 1.165) is 20.9 Å². The molecule has 0 aliphatic rings. The molecule has 156 valence electrons. The maximum atomic E-state index is 12.2. The molecule has 0 aliphatic heterocycles. The molecule has 0 saturated carbocycles. The minimum absolute atomic E-state index is 0.00365. The van der Waals surface area contributed by atoms with E-state index in [0.29, 0.717) is 11.3 Å². The van der Waals surface area contributed by atoms with Crippen molar-refractivity contribution in [2.45, 2.75) is 53.4 Å². The van der Waals surface area contributed by atoms with Crippen LogP contribution in [0.4, 0.5) is 0 Å². The number of ether oxygens (including phenoxy) is 1. The summed E-state index contributed by atoms with van der Waals surface area (Å²) in [6, 6.07) is 7.72. The minimum Gasteiger partial charge on any atom is -0.483 e. The van der Waals surface area contributed by atoms with Gasteiger partial charge in [0.05, 0.1) is 0 Å². The fourth-order valence-corrected chi connectivity index (χ4v) is 3.84. The van der Waals surface area contributed by atoms with Gasteiger partial charge >= 0.3 is 0 Å². The van der Waals surface area contributed by atoms with E-state index in [4.69, 9.17) is 4.74 Å². The van der Waals surface area contributed by atoms with Crippen LogP contribution >= 0.6 is 11.3 Å². The highest BCUT2D eigenvalue weighted by molar-refractivity contribution is 7.12. The summed E-state index contributed by atoms with van der Waals surface area (Å²) < 4.78 is 5.63. The van der Waals surface area contributed by atoms with E-state index in [-0.39, 0.29) is 31.1 Å². The Morgan fingerprint density at radius 2 is 1.69 bits per heavy atom. The Labute approximate surface area is 175 Å². The lowest BCUT2D eigenvalue weighted by Crippen LogP contribution is -2.43.